The van der Waals surface area contributed by atoms with Crippen molar-refractivity contribution >= 4 is 28.5 Å². The molecule has 2 aromatic heterocycles. The minimum absolute atomic E-state index is 0.194. The molecule has 7 nitrogen and oxygen atoms in total. The SMILES string of the molecule is Nc1ncc(Cl)c(-c2cn(CCN3CCOCC3)c3ccc(C4(O)CCCC4)cc23)n1. The van der Waals surface area contributed by atoms with Gasteiger partial charge in [-0.3, -0.25) is 4.90 Å². The predicted octanol–water partition coefficient (Wildman–Crippen LogP) is 3.43. The van der Waals surface area contributed by atoms with Crippen LogP contribution >= 0.6 is 11.6 Å². The summed E-state index contributed by atoms with van der Waals surface area (Å²) < 4.78 is 7.71. The zero-order valence-corrected chi connectivity index (χ0v) is 18.3. The number of nitrogens with two attached hydrogens (primary N) is 1. The highest BCUT2D eigenvalue weighted by Crippen LogP contribution is 2.41. The Morgan fingerprint density at radius 2 is 1.94 bits per heavy atom. The average molecular weight is 442 g/mol. The van der Waals surface area contributed by atoms with Gasteiger partial charge in [-0.1, -0.05) is 30.5 Å². The summed E-state index contributed by atoms with van der Waals surface area (Å²) in [5.74, 6) is 0.194. The Morgan fingerprint density at radius 1 is 1.16 bits per heavy atom. The molecule has 3 heterocycles. The lowest BCUT2D eigenvalue weighted by atomic mass is 9.91. The molecule has 0 unspecified atom stereocenters. The van der Waals surface area contributed by atoms with Gasteiger partial charge in [0.2, 0.25) is 5.95 Å². The van der Waals surface area contributed by atoms with Crippen molar-refractivity contribution < 1.29 is 9.84 Å². The molecule has 0 atom stereocenters. The summed E-state index contributed by atoms with van der Waals surface area (Å²) in [6.45, 7) is 5.27. The van der Waals surface area contributed by atoms with E-state index in [1.807, 2.05) is 0 Å². The lowest BCUT2D eigenvalue weighted by Crippen LogP contribution is -2.38. The van der Waals surface area contributed by atoms with E-state index in [0.29, 0.717) is 10.7 Å². The van der Waals surface area contributed by atoms with E-state index >= 15 is 0 Å². The molecule has 8 heteroatoms. The first kappa shape index (κ1) is 20.7. The van der Waals surface area contributed by atoms with Gasteiger partial charge in [-0.2, -0.15) is 0 Å². The van der Waals surface area contributed by atoms with Crippen LogP contribution in [-0.2, 0) is 16.9 Å². The second-order valence-electron chi connectivity index (χ2n) is 8.59. The fourth-order valence-electron chi connectivity index (χ4n) is 4.85. The molecule has 3 N–H and O–H groups in total. The summed E-state index contributed by atoms with van der Waals surface area (Å²) in [6.07, 6.45) is 7.35. The molecule has 0 spiro atoms. The molecule has 164 valence electrons. The van der Waals surface area contributed by atoms with E-state index in [9.17, 15) is 5.11 Å². The van der Waals surface area contributed by atoms with Gasteiger partial charge in [-0.25, -0.2) is 9.97 Å². The number of nitrogen functional groups attached to an aromatic ring is 1. The maximum Gasteiger partial charge on any atom is 0.220 e. The fraction of sp³-hybridized carbons (Fsp3) is 0.478. The van der Waals surface area contributed by atoms with Crippen molar-refractivity contribution in [1.82, 2.24) is 19.4 Å². The molecular weight excluding hydrogens is 414 g/mol. The summed E-state index contributed by atoms with van der Waals surface area (Å²) in [6, 6.07) is 6.29. The third kappa shape index (κ3) is 4.03. The zero-order valence-electron chi connectivity index (χ0n) is 17.6. The van der Waals surface area contributed by atoms with Crippen molar-refractivity contribution in [3.05, 3.63) is 41.2 Å². The zero-order chi connectivity index (χ0) is 21.4. The third-order valence-corrected chi connectivity index (χ3v) is 6.90. The van der Waals surface area contributed by atoms with Crippen molar-refractivity contribution in [3.8, 4) is 11.3 Å². The Balaban J connectivity index is 1.58. The van der Waals surface area contributed by atoms with Gasteiger partial charge in [-0.05, 0) is 30.5 Å². The second kappa shape index (κ2) is 8.39. The highest BCUT2D eigenvalue weighted by atomic mass is 35.5. The largest absolute Gasteiger partial charge is 0.385 e. The van der Waals surface area contributed by atoms with Crippen LogP contribution < -0.4 is 5.73 Å². The molecule has 0 amide bonds. The molecule has 1 aliphatic carbocycles. The van der Waals surface area contributed by atoms with Crippen molar-refractivity contribution in [2.75, 3.05) is 38.6 Å². The van der Waals surface area contributed by atoms with Crippen molar-refractivity contribution in [3.63, 3.8) is 0 Å². The van der Waals surface area contributed by atoms with Crippen LogP contribution in [0.4, 0.5) is 5.95 Å². The van der Waals surface area contributed by atoms with Crippen LogP contribution in [-0.4, -0.2) is 57.4 Å². The number of hydrogen-bond donors (Lipinski definition) is 2. The summed E-state index contributed by atoms with van der Waals surface area (Å²) in [5.41, 5.74) is 8.72. The van der Waals surface area contributed by atoms with Gasteiger partial charge in [0.1, 0.15) is 0 Å². The number of hydrogen-bond acceptors (Lipinski definition) is 6. The highest BCUT2D eigenvalue weighted by Gasteiger charge is 2.33. The quantitative estimate of drug-likeness (QED) is 0.630. The summed E-state index contributed by atoms with van der Waals surface area (Å²) in [5, 5.41) is 12.7. The molecule has 0 bridgehead atoms. The minimum atomic E-state index is -0.754. The van der Waals surface area contributed by atoms with Gasteiger partial charge in [0.15, 0.2) is 0 Å². The fourth-order valence-corrected chi connectivity index (χ4v) is 5.05. The topological polar surface area (TPSA) is 89.4 Å². The average Bonchev–Trinajstić information content (AvgIpc) is 3.39. The smallest absolute Gasteiger partial charge is 0.220 e. The van der Waals surface area contributed by atoms with Crippen LogP contribution in [0.5, 0.6) is 0 Å². The second-order valence-corrected chi connectivity index (χ2v) is 8.99. The number of anilines is 1. The van der Waals surface area contributed by atoms with E-state index < -0.39 is 5.60 Å². The Labute approximate surface area is 186 Å². The standard InChI is InChI=1S/C23H28ClN5O2/c24-19-14-26-22(25)27-21(19)18-15-29(8-7-28-9-11-31-12-10-28)20-4-3-16(13-17(18)20)23(30)5-1-2-6-23/h3-4,13-15,30H,1-2,5-12H2,(H2,25,26,27). The van der Waals surface area contributed by atoms with E-state index in [1.54, 1.807) is 6.20 Å². The molecule has 1 aromatic carbocycles. The summed E-state index contributed by atoms with van der Waals surface area (Å²) in [4.78, 5) is 10.9. The van der Waals surface area contributed by atoms with Crippen molar-refractivity contribution in [2.45, 2.75) is 37.8 Å². The van der Waals surface area contributed by atoms with E-state index in [0.717, 1.165) is 87.1 Å². The first-order chi connectivity index (χ1) is 15.0. The maximum absolute atomic E-state index is 11.2. The summed E-state index contributed by atoms with van der Waals surface area (Å²) >= 11 is 6.47. The number of rotatable bonds is 5. The maximum atomic E-state index is 11.2. The first-order valence-electron chi connectivity index (χ1n) is 11.0. The normalized spacial score (nSPS) is 19.3. The number of halogens is 1. The van der Waals surface area contributed by atoms with Crippen LogP contribution in [0.2, 0.25) is 5.02 Å². The number of morpholine rings is 1. The third-order valence-electron chi connectivity index (χ3n) is 6.63. The van der Waals surface area contributed by atoms with E-state index in [4.69, 9.17) is 22.1 Å². The number of aromatic nitrogens is 3. The van der Waals surface area contributed by atoms with Gasteiger partial charge in [0.05, 0.1) is 35.7 Å². The molecule has 5 rings (SSSR count). The first-order valence-corrected chi connectivity index (χ1v) is 11.4. The number of ether oxygens (including phenoxy) is 1. The molecule has 1 saturated heterocycles. The van der Waals surface area contributed by atoms with Gasteiger partial charge in [-0.15, -0.1) is 0 Å². The highest BCUT2D eigenvalue weighted by molar-refractivity contribution is 6.33. The van der Waals surface area contributed by atoms with Gasteiger partial charge in [0, 0.05) is 48.8 Å². The molecule has 1 aliphatic heterocycles. The molecule has 0 radical (unpaired) electrons. The van der Waals surface area contributed by atoms with Crippen LogP contribution in [0.1, 0.15) is 31.2 Å². The Kier molecular flexibility index (Phi) is 5.60. The molecule has 3 aromatic rings. The number of benzene rings is 1. The van der Waals surface area contributed by atoms with Gasteiger partial charge in [0.25, 0.3) is 0 Å². The summed E-state index contributed by atoms with van der Waals surface area (Å²) in [7, 11) is 0. The van der Waals surface area contributed by atoms with Gasteiger partial charge >= 0.3 is 0 Å². The van der Waals surface area contributed by atoms with E-state index in [1.165, 1.54) is 0 Å². The number of aliphatic hydroxyl groups is 1. The van der Waals surface area contributed by atoms with Crippen LogP contribution in [0.3, 0.4) is 0 Å². The van der Waals surface area contributed by atoms with Crippen molar-refractivity contribution in [2.24, 2.45) is 0 Å². The number of fused-ring (bicyclic) bond motifs is 1. The lowest BCUT2D eigenvalue weighted by molar-refractivity contribution is 0.0365. The van der Waals surface area contributed by atoms with Gasteiger partial charge < -0.3 is 20.1 Å². The molecule has 2 fully saturated rings. The minimum Gasteiger partial charge on any atom is -0.385 e. The van der Waals surface area contributed by atoms with Crippen LogP contribution in [0.15, 0.2) is 30.6 Å². The van der Waals surface area contributed by atoms with E-state index in [2.05, 4.69) is 43.8 Å². The lowest BCUT2D eigenvalue weighted by Gasteiger charge is -2.26. The molecule has 31 heavy (non-hydrogen) atoms. The predicted molar refractivity (Wildman–Crippen MR) is 122 cm³/mol. The van der Waals surface area contributed by atoms with Crippen molar-refractivity contribution in [1.29, 1.82) is 0 Å². The Hall–Kier alpha value is -2.19. The van der Waals surface area contributed by atoms with E-state index in [-0.39, 0.29) is 5.95 Å². The van der Waals surface area contributed by atoms with Crippen LogP contribution in [0.25, 0.3) is 22.2 Å². The van der Waals surface area contributed by atoms with Crippen LogP contribution in [0, 0.1) is 0 Å². The number of nitrogens with zero attached hydrogens (tertiary/aromatic N) is 4. The Morgan fingerprint density at radius 3 is 2.71 bits per heavy atom. The molecule has 2 aliphatic rings. The molecular formula is C23H28ClN5O2. The molecule has 1 saturated carbocycles. The Bertz CT molecular complexity index is 1090. The monoisotopic (exact) mass is 441 g/mol.